The Kier molecular flexibility index (Phi) is 7.31. The molecule has 1 heterocycles. The first-order valence-electron chi connectivity index (χ1n) is 8.16. The van der Waals surface area contributed by atoms with Gasteiger partial charge in [0.15, 0.2) is 0 Å². The molecule has 0 aliphatic carbocycles. The average molecular weight is 377 g/mol. The minimum absolute atomic E-state index is 0.0892. The zero-order chi connectivity index (χ0) is 17.6. The van der Waals surface area contributed by atoms with Crippen molar-refractivity contribution in [1.82, 2.24) is 9.62 Å². The summed E-state index contributed by atoms with van der Waals surface area (Å²) in [5, 5.41) is 0.409. The summed E-state index contributed by atoms with van der Waals surface area (Å²) in [6.45, 7) is 8.52. The SMILES string of the molecule is CCOc1cc(C)c(Cl)cc1S(=O)(=O)NCCCN1CCOCC1. The van der Waals surface area contributed by atoms with Gasteiger partial charge in [-0.05, 0) is 44.5 Å². The lowest BCUT2D eigenvalue weighted by Crippen LogP contribution is -2.38. The van der Waals surface area contributed by atoms with Crippen molar-refractivity contribution in [2.24, 2.45) is 0 Å². The molecule has 1 aliphatic rings. The number of morpholine rings is 1. The lowest BCUT2D eigenvalue weighted by atomic mass is 10.2. The molecule has 0 bridgehead atoms. The van der Waals surface area contributed by atoms with Crippen LogP contribution < -0.4 is 9.46 Å². The summed E-state index contributed by atoms with van der Waals surface area (Å²) in [5.74, 6) is 0.333. The molecular formula is C16H25ClN2O4S. The lowest BCUT2D eigenvalue weighted by molar-refractivity contribution is 0.0376. The first-order valence-corrected chi connectivity index (χ1v) is 10.0. The highest BCUT2D eigenvalue weighted by molar-refractivity contribution is 7.89. The molecule has 0 saturated carbocycles. The smallest absolute Gasteiger partial charge is 0.244 e. The van der Waals surface area contributed by atoms with Gasteiger partial charge < -0.3 is 9.47 Å². The summed E-state index contributed by atoms with van der Waals surface area (Å²) >= 11 is 6.09. The van der Waals surface area contributed by atoms with Crippen LogP contribution >= 0.6 is 11.6 Å². The van der Waals surface area contributed by atoms with Crippen LogP contribution in [-0.2, 0) is 14.8 Å². The highest BCUT2D eigenvalue weighted by Crippen LogP contribution is 2.30. The van der Waals surface area contributed by atoms with E-state index >= 15 is 0 Å². The molecule has 0 amide bonds. The average Bonchev–Trinajstić information content (AvgIpc) is 2.56. The number of ether oxygens (including phenoxy) is 2. The van der Waals surface area contributed by atoms with Crippen molar-refractivity contribution >= 4 is 21.6 Å². The number of hydrogen-bond donors (Lipinski definition) is 1. The third kappa shape index (κ3) is 5.32. The molecule has 6 nitrogen and oxygen atoms in total. The maximum absolute atomic E-state index is 12.6. The second-order valence-electron chi connectivity index (χ2n) is 5.69. The molecular weight excluding hydrogens is 352 g/mol. The van der Waals surface area contributed by atoms with Gasteiger partial charge in [0.1, 0.15) is 10.6 Å². The van der Waals surface area contributed by atoms with E-state index in [9.17, 15) is 8.42 Å². The van der Waals surface area contributed by atoms with Crippen molar-refractivity contribution in [3.63, 3.8) is 0 Å². The normalized spacial score (nSPS) is 16.3. The molecule has 0 atom stereocenters. The fourth-order valence-corrected chi connectivity index (χ4v) is 3.98. The Morgan fingerprint density at radius 2 is 2.04 bits per heavy atom. The maximum Gasteiger partial charge on any atom is 0.244 e. The molecule has 136 valence electrons. The van der Waals surface area contributed by atoms with Crippen LogP contribution in [0, 0.1) is 6.92 Å². The minimum Gasteiger partial charge on any atom is -0.492 e. The van der Waals surface area contributed by atoms with E-state index in [4.69, 9.17) is 21.1 Å². The van der Waals surface area contributed by atoms with Gasteiger partial charge in [-0.3, -0.25) is 4.90 Å². The van der Waals surface area contributed by atoms with Gasteiger partial charge in [-0.1, -0.05) is 11.6 Å². The molecule has 24 heavy (non-hydrogen) atoms. The Balaban J connectivity index is 1.97. The van der Waals surface area contributed by atoms with Gasteiger partial charge in [0, 0.05) is 24.7 Å². The zero-order valence-electron chi connectivity index (χ0n) is 14.2. The quantitative estimate of drug-likeness (QED) is 0.703. The van der Waals surface area contributed by atoms with E-state index in [2.05, 4.69) is 9.62 Å². The van der Waals surface area contributed by atoms with Crippen LogP contribution in [0.5, 0.6) is 5.75 Å². The Labute approximate surface area is 149 Å². The molecule has 1 aromatic carbocycles. The van der Waals surface area contributed by atoms with Crippen LogP contribution in [0.15, 0.2) is 17.0 Å². The number of rotatable bonds is 8. The van der Waals surface area contributed by atoms with Gasteiger partial charge in [0.05, 0.1) is 19.8 Å². The Bertz CT molecular complexity index is 646. The van der Waals surface area contributed by atoms with Gasteiger partial charge in [0.2, 0.25) is 10.0 Å². The van der Waals surface area contributed by atoms with E-state index in [1.54, 1.807) is 6.07 Å². The highest BCUT2D eigenvalue weighted by Gasteiger charge is 2.21. The molecule has 2 rings (SSSR count). The third-order valence-corrected chi connectivity index (χ3v) is 5.75. The van der Waals surface area contributed by atoms with Crippen LogP contribution in [0.3, 0.4) is 0 Å². The standard InChI is InChI=1S/C16H25ClN2O4S/c1-3-23-15-11-13(2)14(17)12-16(15)24(20,21)18-5-4-6-19-7-9-22-10-8-19/h11-12,18H,3-10H2,1-2H3. The van der Waals surface area contributed by atoms with Crippen LogP contribution in [0.4, 0.5) is 0 Å². The highest BCUT2D eigenvalue weighted by atomic mass is 35.5. The van der Waals surface area contributed by atoms with E-state index in [0.29, 0.717) is 23.9 Å². The number of nitrogens with zero attached hydrogens (tertiary/aromatic N) is 1. The van der Waals surface area contributed by atoms with Crippen LogP contribution in [-0.4, -0.2) is 59.3 Å². The molecule has 1 aliphatic heterocycles. The summed E-state index contributed by atoms with van der Waals surface area (Å²) in [4.78, 5) is 2.36. The Hall–Kier alpha value is -0.860. The molecule has 0 aromatic heterocycles. The lowest BCUT2D eigenvalue weighted by Gasteiger charge is -2.26. The van der Waals surface area contributed by atoms with Gasteiger partial charge in [-0.15, -0.1) is 0 Å². The number of halogens is 1. The fourth-order valence-electron chi connectivity index (χ4n) is 2.53. The van der Waals surface area contributed by atoms with E-state index in [-0.39, 0.29) is 4.90 Å². The molecule has 0 radical (unpaired) electrons. The largest absolute Gasteiger partial charge is 0.492 e. The van der Waals surface area contributed by atoms with Crippen LogP contribution in [0.2, 0.25) is 5.02 Å². The van der Waals surface area contributed by atoms with E-state index in [1.807, 2.05) is 13.8 Å². The van der Waals surface area contributed by atoms with Crippen molar-refractivity contribution in [3.8, 4) is 5.75 Å². The van der Waals surface area contributed by atoms with Crippen molar-refractivity contribution < 1.29 is 17.9 Å². The van der Waals surface area contributed by atoms with Crippen molar-refractivity contribution in [3.05, 3.63) is 22.7 Å². The monoisotopic (exact) mass is 376 g/mol. The van der Waals surface area contributed by atoms with E-state index in [0.717, 1.165) is 44.8 Å². The van der Waals surface area contributed by atoms with Crippen molar-refractivity contribution in [2.45, 2.75) is 25.2 Å². The van der Waals surface area contributed by atoms with Crippen molar-refractivity contribution in [1.29, 1.82) is 0 Å². The third-order valence-electron chi connectivity index (χ3n) is 3.86. The number of aryl methyl sites for hydroxylation is 1. The molecule has 1 aromatic rings. The summed E-state index contributed by atoms with van der Waals surface area (Å²) < 4.78 is 38.5. The van der Waals surface area contributed by atoms with Gasteiger partial charge in [-0.25, -0.2) is 13.1 Å². The first-order chi connectivity index (χ1) is 11.4. The molecule has 1 saturated heterocycles. The summed E-state index contributed by atoms with van der Waals surface area (Å²) in [5.41, 5.74) is 0.784. The van der Waals surface area contributed by atoms with E-state index in [1.165, 1.54) is 6.07 Å². The second kappa shape index (κ2) is 9.01. The summed E-state index contributed by atoms with van der Waals surface area (Å²) in [7, 11) is -3.66. The predicted molar refractivity (Wildman–Crippen MR) is 94.4 cm³/mol. The van der Waals surface area contributed by atoms with Gasteiger partial charge >= 0.3 is 0 Å². The Morgan fingerprint density at radius 3 is 2.71 bits per heavy atom. The molecule has 1 N–H and O–H groups in total. The first kappa shape index (κ1) is 19.5. The topological polar surface area (TPSA) is 67.9 Å². The molecule has 1 fully saturated rings. The number of nitrogens with one attached hydrogen (secondary N) is 1. The van der Waals surface area contributed by atoms with E-state index < -0.39 is 10.0 Å². The molecule has 8 heteroatoms. The second-order valence-corrected chi connectivity index (χ2v) is 7.83. The van der Waals surface area contributed by atoms with Crippen LogP contribution in [0.25, 0.3) is 0 Å². The summed E-state index contributed by atoms with van der Waals surface area (Å²) in [6.07, 6.45) is 0.739. The molecule has 0 spiro atoms. The maximum atomic E-state index is 12.6. The number of benzene rings is 1. The fraction of sp³-hybridized carbons (Fsp3) is 0.625. The van der Waals surface area contributed by atoms with Crippen molar-refractivity contribution in [2.75, 3.05) is 46.0 Å². The predicted octanol–water partition coefficient (Wildman–Crippen LogP) is 2.05. The number of hydrogen-bond acceptors (Lipinski definition) is 5. The summed E-state index contributed by atoms with van der Waals surface area (Å²) in [6, 6.07) is 3.11. The number of sulfonamides is 1. The van der Waals surface area contributed by atoms with Gasteiger partial charge in [-0.2, -0.15) is 0 Å². The van der Waals surface area contributed by atoms with Crippen LogP contribution in [0.1, 0.15) is 18.9 Å². The Morgan fingerprint density at radius 1 is 1.33 bits per heavy atom. The zero-order valence-corrected chi connectivity index (χ0v) is 15.8. The van der Waals surface area contributed by atoms with Gasteiger partial charge in [0.25, 0.3) is 0 Å². The minimum atomic E-state index is -3.66. The molecule has 0 unspecified atom stereocenters.